The van der Waals surface area contributed by atoms with E-state index in [9.17, 15) is 14.0 Å². The summed E-state index contributed by atoms with van der Waals surface area (Å²) < 4.78 is 18.5. The van der Waals surface area contributed by atoms with Crippen molar-refractivity contribution >= 4 is 12.0 Å². The predicted octanol–water partition coefficient (Wildman–Crippen LogP) is 3.11. The van der Waals surface area contributed by atoms with Crippen LogP contribution in [0.2, 0.25) is 0 Å². The van der Waals surface area contributed by atoms with Gasteiger partial charge in [-0.3, -0.25) is 9.69 Å². The topological polar surface area (TPSA) is 49.9 Å². The van der Waals surface area contributed by atoms with Gasteiger partial charge in [-0.15, -0.1) is 0 Å². The molecule has 0 spiro atoms. The van der Waals surface area contributed by atoms with Crippen LogP contribution in [0.1, 0.15) is 45.7 Å². The van der Waals surface area contributed by atoms with Crippen molar-refractivity contribution < 1.29 is 18.7 Å². The van der Waals surface area contributed by atoms with Crippen molar-refractivity contribution in [1.29, 1.82) is 0 Å². The lowest BCUT2D eigenvalue weighted by Crippen LogP contribution is -2.53. The van der Waals surface area contributed by atoms with E-state index in [0.29, 0.717) is 13.0 Å². The molecule has 2 amide bonds. The van der Waals surface area contributed by atoms with Gasteiger partial charge in [0.05, 0.1) is 12.1 Å². The Labute approximate surface area is 141 Å². The molecule has 6 heteroatoms. The van der Waals surface area contributed by atoms with Gasteiger partial charge in [-0.2, -0.15) is 0 Å². The summed E-state index contributed by atoms with van der Waals surface area (Å²) in [5.74, 6) is -0.356. The standard InChI is InChI=1S/C18H23FN2O3/c1-11(12-5-7-13(19)8-6-12)21-14-9-15(16(21)22)20(10-14)17(23)24-18(2,3)4/h5-8,11,14-15H,9-10H2,1-4H3/t11-,14+,15?/m0/s1. The van der Waals surface area contributed by atoms with Gasteiger partial charge in [0, 0.05) is 6.54 Å². The van der Waals surface area contributed by atoms with E-state index in [2.05, 4.69) is 0 Å². The van der Waals surface area contributed by atoms with Crippen LogP contribution in [0.5, 0.6) is 0 Å². The zero-order valence-electron chi connectivity index (χ0n) is 14.5. The first-order valence-electron chi connectivity index (χ1n) is 8.24. The average molecular weight is 334 g/mol. The monoisotopic (exact) mass is 334 g/mol. The summed E-state index contributed by atoms with van der Waals surface area (Å²) in [6.45, 7) is 7.85. The van der Waals surface area contributed by atoms with Crippen LogP contribution in [0.25, 0.3) is 0 Å². The molecule has 0 radical (unpaired) electrons. The number of nitrogens with zero attached hydrogens (tertiary/aromatic N) is 2. The normalized spacial score (nSPS) is 24.5. The molecule has 0 saturated carbocycles. The summed E-state index contributed by atoms with van der Waals surface area (Å²) in [5, 5.41) is 0. The van der Waals surface area contributed by atoms with Gasteiger partial charge in [0.2, 0.25) is 5.91 Å². The third-order valence-electron chi connectivity index (χ3n) is 4.61. The maximum atomic E-state index is 13.1. The van der Waals surface area contributed by atoms with Crippen molar-refractivity contribution in [1.82, 2.24) is 9.80 Å². The largest absolute Gasteiger partial charge is 0.444 e. The second-order valence-corrected chi connectivity index (χ2v) is 7.51. The Morgan fingerprint density at radius 3 is 2.46 bits per heavy atom. The first-order chi connectivity index (χ1) is 11.2. The van der Waals surface area contributed by atoms with E-state index in [-0.39, 0.29) is 23.8 Å². The number of likely N-dealkylation sites (tertiary alicyclic amines) is 2. The summed E-state index contributed by atoms with van der Waals surface area (Å²) in [4.78, 5) is 28.4. The molecule has 2 aliphatic rings. The Morgan fingerprint density at radius 2 is 1.92 bits per heavy atom. The number of piperazine rings is 1. The quantitative estimate of drug-likeness (QED) is 0.835. The fraction of sp³-hybridized carbons (Fsp3) is 0.556. The van der Waals surface area contributed by atoms with Gasteiger partial charge < -0.3 is 9.64 Å². The lowest BCUT2D eigenvalue weighted by atomic mass is 10.1. The predicted molar refractivity (Wildman–Crippen MR) is 86.8 cm³/mol. The molecule has 24 heavy (non-hydrogen) atoms. The highest BCUT2D eigenvalue weighted by molar-refractivity contribution is 5.90. The Balaban J connectivity index is 1.72. The molecule has 1 unspecified atom stereocenters. The molecule has 0 N–H and O–H groups in total. The third kappa shape index (κ3) is 2.97. The second kappa shape index (κ2) is 5.76. The van der Waals surface area contributed by atoms with Crippen molar-refractivity contribution in [3.63, 3.8) is 0 Å². The Morgan fingerprint density at radius 1 is 1.29 bits per heavy atom. The SMILES string of the molecule is C[C@@H](c1ccc(F)cc1)N1C(=O)C2C[C@@H]1CN2C(=O)OC(C)(C)C. The maximum absolute atomic E-state index is 13.1. The molecule has 2 aliphatic heterocycles. The molecule has 2 fully saturated rings. The number of fused-ring (bicyclic) bond motifs is 2. The van der Waals surface area contributed by atoms with Crippen LogP contribution in [-0.4, -0.2) is 46.0 Å². The summed E-state index contributed by atoms with van der Waals surface area (Å²) in [6, 6.07) is 5.59. The highest BCUT2D eigenvalue weighted by atomic mass is 19.1. The van der Waals surface area contributed by atoms with E-state index in [0.717, 1.165) is 5.56 Å². The van der Waals surface area contributed by atoms with Crippen molar-refractivity contribution in [3.05, 3.63) is 35.6 Å². The molecular formula is C18H23FN2O3. The van der Waals surface area contributed by atoms with E-state index >= 15 is 0 Å². The average Bonchev–Trinajstić information content (AvgIpc) is 3.03. The Hall–Kier alpha value is -2.11. The maximum Gasteiger partial charge on any atom is 0.411 e. The lowest BCUT2D eigenvalue weighted by Gasteiger charge is -2.38. The van der Waals surface area contributed by atoms with Crippen molar-refractivity contribution in [2.45, 2.75) is 57.8 Å². The van der Waals surface area contributed by atoms with Gasteiger partial charge in [-0.05, 0) is 51.8 Å². The molecule has 5 nitrogen and oxygen atoms in total. The number of hydrogen-bond donors (Lipinski definition) is 0. The van der Waals surface area contributed by atoms with Crippen LogP contribution in [0.15, 0.2) is 24.3 Å². The molecule has 0 aromatic heterocycles. The summed E-state index contributed by atoms with van der Waals surface area (Å²) in [5.41, 5.74) is 0.310. The number of carbonyl (C=O) groups is 2. The van der Waals surface area contributed by atoms with Gasteiger partial charge in [0.15, 0.2) is 0 Å². The van der Waals surface area contributed by atoms with E-state index in [1.807, 2.05) is 32.6 Å². The van der Waals surface area contributed by atoms with E-state index in [4.69, 9.17) is 4.74 Å². The molecule has 2 heterocycles. The number of ether oxygens (including phenoxy) is 1. The number of hydrogen-bond acceptors (Lipinski definition) is 3. The highest BCUT2D eigenvalue weighted by Crippen LogP contribution is 2.38. The molecule has 1 aromatic rings. The summed E-state index contributed by atoms with van der Waals surface area (Å²) in [7, 11) is 0. The van der Waals surface area contributed by atoms with Crippen LogP contribution in [0.4, 0.5) is 9.18 Å². The van der Waals surface area contributed by atoms with Crippen LogP contribution in [-0.2, 0) is 9.53 Å². The zero-order chi connectivity index (χ0) is 17.6. The van der Waals surface area contributed by atoms with Gasteiger partial charge in [0.25, 0.3) is 0 Å². The Kier molecular flexibility index (Phi) is 4.01. The fourth-order valence-corrected chi connectivity index (χ4v) is 3.53. The second-order valence-electron chi connectivity index (χ2n) is 7.51. The lowest BCUT2D eigenvalue weighted by molar-refractivity contribution is -0.138. The third-order valence-corrected chi connectivity index (χ3v) is 4.61. The summed E-state index contributed by atoms with van der Waals surface area (Å²) >= 11 is 0. The van der Waals surface area contributed by atoms with Gasteiger partial charge in [-0.25, -0.2) is 9.18 Å². The number of rotatable bonds is 2. The van der Waals surface area contributed by atoms with Gasteiger partial charge >= 0.3 is 6.09 Å². The molecule has 130 valence electrons. The molecule has 0 aliphatic carbocycles. The van der Waals surface area contributed by atoms with Crippen LogP contribution in [0, 0.1) is 5.82 Å². The zero-order valence-corrected chi connectivity index (χ0v) is 14.5. The molecule has 2 bridgehead atoms. The van der Waals surface area contributed by atoms with Crippen LogP contribution >= 0.6 is 0 Å². The highest BCUT2D eigenvalue weighted by Gasteiger charge is 2.53. The van der Waals surface area contributed by atoms with Crippen molar-refractivity contribution in [2.24, 2.45) is 0 Å². The number of benzene rings is 1. The molecular weight excluding hydrogens is 311 g/mol. The number of carbonyl (C=O) groups excluding carboxylic acids is 2. The van der Waals surface area contributed by atoms with E-state index in [1.165, 1.54) is 17.0 Å². The first kappa shape index (κ1) is 16.7. The molecule has 3 rings (SSSR count). The minimum Gasteiger partial charge on any atom is -0.444 e. The van der Waals surface area contributed by atoms with Crippen LogP contribution < -0.4 is 0 Å². The van der Waals surface area contributed by atoms with Gasteiger partial charge in [-0.1, -0.05) is 12.1 Å². The first-order valence-corrected chi connectivity index (χ1v) is 8.24. The van der Waals surface area contributed by atoms with Gasteiger partial charge in [0.1, 0.15) is 17.5 Å². The molecule has 2 saturated heterocycles. The Bertz CT molecular complexity index is 653. The van der Waals surface area contributed by atoms with Crippen molar-refractivity contribution in [3.8, 4) is 0 Å². The van der Waals surface area contributed by atoms with Crippen LogP contribution in [0.3, 0.4) is 0 Å². The molecule has 3 atom stereocenters. The number of halogens is 1. The minimum absolute atomic E-state index is 0.0185. The van der Waals surface area contributed by atoms with E-state index in [1.54, 1.807) is 12.1 Å². The molecule has 1 aromatic carbocycles. The fourth-order valence-electron chi connectivity index (χ4n) is 3.53. The number of amides is 2. The van der Waals surface area contributed by atoms with E-state index < -0.39 is 17.7 Å². The smallest absolute Gasteiger partial charge is 0.411 e. The summed E-state index contributed by atoms with van der Waals surface area (Å²) in [6.07, 6.45) is 0.196. The van der Waals surface area contributed by atoms with Crippen molar-refractivity contribution in [2.75, 3.05) is 6.54 Å². The minimum atomic E-state index is -0.580.